The Morgan fingerprint density at radius 3 is 2.40 bits per heavy atom. The molecule has 134 valence electrons. The van der Waals surface area contributed by atoms with Crippen LogP contribution in [0, 0.1) is 11.6 Å². The van der Waals surface area contributed by atoms with Crippen LogP contribution in [0.15, 0.2) is 47.4 Å². The summed E-state index contributed by atoms with van der Waals surface area (Å²) in [7, 11) is -1.44. The van der Waals surface area contributed by atoms with Crippen molar-refractivity contribution >= 4 is 16.0 Å². The zero-order valence-electron chi connectivity index (χ0n) is 13.9. The average Bonchev–Trinajstić information content (AvgIpc) is 2.62. The highest BCUT2D eigenvalue weighted by Gasteiger charge is 2.27. The molecule has 2 aromatic rings. The molecule has 0 aromatic heterocycles. The average molecular weight is 369 g/mol. The van der Waals surface area contributed by atoms with Gasteiger partial charge >= 0.3 is 5.97 Å². The van der Waals surface area contributed by atoms with Crippen LogP contribution in [0.25, 0.3) is 0 Å². The number of carbonyl (C=O) groups excluding carboxylic acids is 1. The number of esters is 1. The van der Waals surface area contributed by atoms with Crippen LogP contribution in [0.1, 0.15) is 28.9 Å². The Balaban J connectivity index is 2.38. The van der Waals surface area contributed by atoms with Crippen LogP contribution in [0.2, 0.25) is 0 Å². The number of halogens is 2. The molecule has 0 spiro atoms. The summed E-state index contributed by atoms with van der Waals surface area (Å²) >= 11 is 0. The monoisotopic (exact) mass is 369 g/mol. The molecule has 0 aliphatic heterocycles. The van der Waals surface area contributed by atoms with Crippen molar-refractivity contribution in [3.05, 3.63) is 65.2 Å². The molecule has 0 bridgehead atoms. The number of nitrogens with zero attached hydrogens (tertiary/aromatic N) is 1. The van der Waals surface area contributed by atoms with Crippen LogP contribution in [-0.4, -0.2) is 32.8 Å². The van der Waals surface area contributed by atoms with Crippen molar-refractivity contribution < 1.29 is 26.7 Å². The smallest absolute Gasteiger partial charge is 0.337 e. The van der Waals surface area contributed by atoms with Crippen LogP contribution in [0.4, 0.5) is 8.78 Å². The van der Waals surface area contributed by atoms with Gasteiger partial charge in [-0.3, -0.25) is 0 Å². The number of methoxy groups -OCH3 is 1. The van der Waals surface area contributed by atoms with E-state index in [0.29, 0.717) is 5.56 Å². The lowest BCUT2D eigenvalue weighted by atomic mass is 10.1. The number of sulfonamides is 1. The van der Waals surface area contributed by atoms with Crippen LogP contribution >= 0.6 is 0 Å². The molecule has 0 N–H and O–H groups in total. The molecule has 0 aliphatic carbocycles. The Kier molecular flexibility index (Phi) is 5.54. The first-order chi connectivity index (χ1) is 11.7. The van der Waals surface area contributed by atoms with E-state index in [0.717, 1.165) is 16.4 Å². The van der Waals surface area contributed by atoms with Crippen molar-refractivity contribution in [2.24, 2.45) is 0 Å². The third-order valence-corrected chi connectivity index (χ3v) is 5.83. The van der Waals surface area contributed by atoms with Gasteiger partial charge < -0.3 is 4.74 Å². The van der Waals surface area contributed by atoms with Gasteiger partial charge in [0.1, 0.15) is 0 Å². The summed E-state index contributed by atoms with van der Waals surface area (Å²) in [6.45, 7) is 1.55. The molecule has 0 amide bonds. The highest BCUT2D eigenvalue weighted by atomic mass is 32.2. The molecule has 1 unspecified atom stereocenters. The molecule has 0 fully saturated rings. The van der Waals surface area contributed by atoms with Crippen molar-refractivity contribution in [1.29, 1.82) is 0 Å². The summed E-state index contributed by atoms with van der Waals surface area (Å²) in [5, 5.41) is 0. The van der Waals surface area contributed by atoms with Gasteiger partial charge in [0.05, 0.1) is 17.6 Å². The minimum absolute atomic E-state index is 0.0949. The highest BCUT2D eigenvalue weighted by molar-refractivity contribution is 7.89. The Hall–Kier alpha value is -2.32. The van der Waals surface area contributed by atoms with Gasteiger partial charge in [0, 0.05) is 13.1 Å². The molecule has 25 heavy (non-hydrogen) atoms. The van der Waals surface area contributed by atoms with E-state index in [9.17, 15) is 22.0 Å². The predicted octanol–water partition coefficient (Wildman–Crippen LogP) is 3.13. The lowest BCUT2D eigenvalue weighted by molar-refractivity contribution is 0.0600. The number of ether oxygens (including phenoxy) is 1. The Bertz CT molecular complexity index is 899. The predicted molar refractivity (Wildman–Crippen MR) is 87.5 cm³/mol. The van der Waals surface area contributed by atoms with E-state index < -0.39 is 33.7 Å². The zero-order chi connectivity index (χ0) is 18.8. The topological polar surface area (TPSA) is 63.7 Å². The van der Waals surface area contributed by atoms with Crippen molar-refractivity contribution in [2.45, 2.75) is 17.9 Å². The number of carbonyl (C=O) groups is 1. The number of benzene rings is 2. The fourth-order valence-corrected chi connectivity index (χ4v) is 3.65. The van der Waals surface area contributed by atoms with Gasteiger partial charge in [0.25, 0.3) is 0 Å². The second-order valence-corrected chi connectivity index (χ2v) is 7.39. The second-order valence-electron chi connectivity index (χ2n) is 5.39. The summed E-state index contributed by atoms with van der Waals surface area (Å²) in [6.07, 6.45) is 0. The van der Waals surface area contributed by atoms with Gasteiger partial charge in [-0.25, -0.2) is 22.0 Å². The standard InChI is InChI=1S/C17H17F2NO4S/c1-11(12-7-8-15(18)16(19)10-12)20(2)25(22,23)14-6-4-5-13(9-14)17(21)24-3/h4-11H,1-3H3. The normalized spacial score (nSPS) is 12.9. The van der Waals surface area contributed by atoms with Gasteiger partial charge in [-0.1, -0.05) is 12.1 Å². The lowest BCUT2D eigenvalue weighted by Gasteiger charge is -2.25. The SMILES string of the molecule is COC(=O)c1cccc(S(=O)(=O)N(C)C(C)c2ccc(F)c(F)c2)c1. The minimum atomic E-state index is -3.96. The molecule has 8 heteroatoms. The Morgan fingerprint density at radius 1 is 1.12 bits per heavy atom. The second kappa shape index (κ2) is 7.28. The molecule has 2 rings (SSSR count). The first-order valence-corrected chi connectivity index (χ1v) is 8.74. The molecule has 0 radical (unpaired) electrons. The molecule has 5 nitrogen and oxygen atoms in total. The van der Waals surface area contributed by atoms with Crippen molar-refractivity contribution in [3.63, 3.8) is 0 Å². The molecular formula is C17H17F2NO4S. The lowest BCUT2D eigenvalue weighted by Crippen LogP contribution is -2.30. The third-order valence-electron chi connectivity index (χ3n) is 3.90. The number of hydrogen-bond donors (Lipinski definition) is 0. The highest BCUT2D eigenvalue weighted by Crippen LogP contribution is 2.27. The van der Waals surface area contributed by atoms with Gasteiger partial charge in [-0.05, 0) is 42.8 Å². The molecule has 0 heterocycles. The first kappa shape index (κ1) is 19.0. The molecule has 2 aromatic carbocycles. The van der Waals surface area contributed by atoms with Gasteiger partial charge in [0.15, 0.2) is 11.6 Å². The van der Waals surface area contributed by atoms with Crippen LogP contribution in [0.3, 0.4) is 0 Å². The molecule has 0 saturated heterocycles. The van der Waals surface area contributed by atoms with E-state index in [-0.39, 0.29) is 10.5 Å². The maximum atomic E-state index is 13.4. The fraction of sp³-hybridized carbons (Fsp3) is 0.235. The van der Waals surface area contributed by atoms with E-state index in [1.54, 1.807) is 6.92 Å². The number of rotatable bonds is 5. The largest absolute Gasteiger partial charge is 0.465 e. The summed E-state index contributed by atoms with van der Waals surface area (Å²) in [6, 6.07) is 7.88. The molecular weight excluding hydrogens is 352 g/mol. The molecule has 1 atom stereocenters. The minimum Gasteiger partial charge on any atom is -0.465 e. The van der Waals surface area contributed by atoms with Crippen molar-refractivity contribution in [1.82, 2.24) is 4.31 Å². The summed E-state index contributed by atoms with van der Waals surface area (Å²) in [5.41, 5.74) is 0.395. The number of hydrogen-bond acceptors (Lipinski definition) is 4. The van der Waals surface area contributed by atoms with E-state index in [1.165, 1.54) is 44.5 Å². The van der Waals surface area contributed by atoms with E-state index >= 15 is 0 Å². The Morgan fingerprint density at radius 2 is 1.80 bits per heavy atom. The fourth-order valence-electron chi connectivity index (χ4n) is 2.26. The van der Waals surface area contributed by atoms with Crippen LogP contribution in [0.5, 0.6) is 0 Å². The van der Waals surface area contributed by atoms with Crippen molar-refractivity contribution in [3.8, 4) is 0 Å². The van der Waals surface area contributed by atoms with E-state index in [2.05, 4.69) is 4.74 Å². The van der Waals surface area contributed by atoms with Gasteiger partial charge in [-0.2, -0.15) is 4.31 Å². The summed E-state index contributed by atoms with van der Waals surface area (Å²) in [5.74, 6) is -2.72. The van der Waals surface area contributed by atoms with Crippen LogP contribution in [-0.2, 0) is 14.8 Å². The van der Waals surface area contributed by atoms with E-state index in [4.69, 9.17) is 0 Å². The maximum Gasteiger partial charge on any atom is 0.337 e. The zero-order valence-corrected chi connectivity index (χ0v) is 14.7. The quantitative estimate of drug-likeness (QED) is 0.760. The van der Waals surface area contributed by atoms with Gasteiger partial charge in [-0.15, -0.1) is 0 Å². The van der Waals surface area contributed by atoms with Gasteiger partial charge in [0.2, 0.25) is 10.0 Å². The third kappa shape index (κ3) is 3.85. The Labute approximate surface area is 144 Å². The first-order valence-electron chi connectivity index (χ1n) is 7.30. The summed E-state index contributed by atoms with van der Waals surface area (Å²) in [4.78, 5) is 11.5. The summed E-state index contributed by atoms with van der Waals surface area (Å²) < 4.78 is 57.6. The molecule has 0 aliphatic rings. The van der Waals surface area contributed by atoms with E-state index in [1.807, 2.05) is 0 Å². The maximum absolute atomic E-state index is 13.4. The van der Waals surface area contributed by atoms with Crippen molar-refractivity contribution in [2.75, 3.05) is 14.2 Å². The van der Waals surface area contributed by atoms with Crippen LogP contribution < -0.4 is 0 Å². The molecule has 0 saturated carbocycles.